The van der Waals surface area contributed by atoms with Crippen LogP contribution in [0.25, 0.3) is 0 Å². The maximum absolute atomic E-state index is 5.53. The average Bonchev–Trinajstić information content (AvgIpc) is 3.00. The first-order valence-corrected chi connectivity index (χ1v) is 10.7. The zero-order chi connectivity index (χ0) is 17.3. The fourth-order valence-electron chi connectivity index (χ4n) is 3.20. The maximum Gasteiger partial charge on any atom is 0.183 e. The van der Waals surface area contributed by atoms with E-state index in [0.717, 1.165) is 18.9 Å². The summed E-state index contributed by atoms with van der Waals surface area (Å²) in [5.74, 6) is 0.998. The molecule has 1 heterocycles. The highest BCUT2D eigenvalue weighted by Crippen LogP contribution is 2.13. The summed E-state index contributed by atoms with van der Waals surface area (Å²) in [5.41, 5.74) is 0. The first-order valence-electron chi connectivity index (χ1n) is 10.7. The highest BCUT2D eigenvalue weighted by Gasteiger charge is 2.12. The van der Waals surface area contributed by atoms with Gasteiger partial charge in [0, 0.05) is 6.42 Å². The van der Waals surface area contributed by atoms with Crippen LogP contribution in [0.2, 0.25) is 0 Å². The summed E-state index contributed by atoms with van der Waals surface area (Å²) in [6.45, 7) is 5.20. The number of ether oxygens (including phenoxy) is 1. The van der Waals surface area contributed by atoms with Gasteiger partial charge in [0.1, 0.15) is 6.61 Å². The highest BCUT2D eigenvalue weighted by atomic mass is 16.5. The fourth-order valence-corrected chi connectivity index (χ4v) is 3.20. The van der Waals surface area contributed by atoms with Crippen LogP contribution in [-0.4, -0.2) is 18.5 Å². The molecule has 0 saturated heterocycles. The summed E-state index contributed by atoms with van der Waals surface area (Å²) in [7, 11) is 0. The van der Waals surface area contributed by atoms with Crippen LogP contribution < -0.4 is 0 Å². The first kappa shape index (κ1) is 21.3. The van der Waals surface area contributed by atoms with E-state index in [1.807, 2.05) is 0 Å². The smallest absolute Gasteiger partial charge is 0.183 e. The minimum atomic E-state index is 0.383. The van der Waals surface area contributed by atoms with E-state index in [4.69, 9.17) is 4.74 Å². The van der Waals surface area contributed by atoms with Crippen LogP contribution in [0.5, 0.6) is 0 Å². The lowest BCUT2D eigenvalue weighted by atomic mass is 10.1. The summed E-state index contributed by atoms with van der Waals surface area (Å²) in [6.07, 6.45) is 24.9. The molecular formula is C22H41NO. The van der Waals surface area contributed by atoms with E-state index in [-0.39, 0.29) is 0 Å². The SMILES string of the molecule is CCCCCCCC/C=C\CCCCCCCCC1=NC(C)CO1. The lowest BCUT2D eigenvalue weighted by Crippen LogP contribution is -2.00. The predicted octanol–water partition coefficient (Wildman–Crippen LogP) is 7.23. The van der Waals surface area contributed by atoms with Gasteiger partial charge < -0.3 is 4.74 Å². The molecule has 1 unspecified atom stereocenters. The molecule has 1 atom stereocenters. The molecule has 0 aliphatic carbocycles. The van der Waals surface area contributed by atoms with E-state index in [9.17, 15) is 0 Å². The lowest BCUT2D eigenvalue weighted by Gasteiger charge is -2.02. The zero-order valence-corrected chi connectivity index (χ0v) is 16.4. The van der Waals surface area contributed by atoms with Gasteiger partial charge in [-0.1, -0.05) is 76.9 Å². The molecule has 0 aromatic carbocycles. The van der Waals surface area contributed by atoms with Crippen LogP contribution in [0, 0.1) is 0 Å². The molecule has 24 heavy (non-hydrogen) atoms. The monoisotopic (exact) mass is 335 g/mol. The van der Waals surface area contributed by atoms with Crippen molar-refractivity contribution in [2.75, 3.05) is 6.61 Å². The number of hydrogen-bond acceptors (Lipinski definition) is 2. The van der Waals surface area contributed by atoms with Crippen LogP contribution in [0.1, 0.15) is 110 Å². The summed E-state index contributed by atoms with van der Waals surface area (Å²) in [4.78, 5) is 4.48. The molecule has 0 amide bonds. The Morgan fingerprint density at radius 2 is 1.38 bits per heavy atom. The molecule has 1 aliphatic rings. The molecule has 0 aromatic heterocycles. The number of hydrogen-bond donors (Lipinski definition) is 0. The fraction of sp³-hybridized carbons (Fsp3) is 0.864. The third kappa shape index (κ3) is 12.6. The van der Waals surface area contributed by atoms with Gasteiger partial charge in [-0.15, -0.1) is 0 Å². The van der Waals surface area contributed by atoms with Crippen molar-refractivity contribution >= 4 is 5.90 Å². The number of rotatable bonds is 16. The maximum atomic E-state index is 5.53. The molecule has 0 spiro atoms. The Kier molecular flexibility index (Phi) is 13.9. The summed E-state index contributed by atoms with van der Waals surface area (Å²) < 4.78 is 5.53. The minimum absolute atomic E-state index is 0.383. The third-order valence-electron chi connectivity index (χ3n) is 4.76. The van der Waals surface area contributed by atoms with Crippen LogP contribution in [0.15, 0.2) is 17.1 Å². The molecular weight excluding hydrogens is 294 g/mol. The van der Waals surface area contributed by atoms with Crippen molar-refractivity contribution < 1.29 is 4.74 Å². The largest absolute Gasteiger partial charge is 0.479 e. The molecule has 1 aliphatic heterocycles. The zero-order valence-electron chi connectivity index (χ0n) is 16.4. The van der Waals surface area contributed by atoms with E-state index < -0.39 is 0 Å². The highest BCUT2D eigenvalue weighted by molar-refractivity contribution is 5.77. The number of allylic oxidation sites excluding steroid dienone is 2. The van der Waals surface area contributed by atoms with Crippen molar-refractivity contribution in [3.63, 3.8) is 0 Å². The van der Waals surface area contributed by atoms with E-state index >= 15 is 0 Å². The van der Waals surface area contributed by atoms with Crippen LogP contribution in [0.4, 0.5) is 0 Å². The van der Waals surface area contributed by atoms with Gasteiger partial charge in [0.25, 0.3) is 0 Å². The summed E-state index contributed by atoms with van der Waals surface area (Å²) >= 11 is 0. The Morgan fingerprint density at radius 1 is 0.833 bits per heavy atom. The van der Waals surface area contributed by atoms with E-state index in [0.29, 0.717) is 6.04 Å². The number of unbranched alkanes of at least 4 members (excludes halogenated alkanes) is 12. The predicted molar refractivity (Wildman–Crippen MR) is 107 cm³/mol. The van der Waals surface area contributed by atoms with Crippen LogP contribution >= 0.6 is 0 Å². The quantitative estimate of drug-likeness (QED) is 0.215. The van der Waals surface area contributed by atoms with E-state index in [1.165, 1.54) is 89.9 Å². The second-order valence-corrected chi connectivity index (χ2v) is 7.37. The van der Waals surface area contributed by atoms with Gasteiger partial charge in [-0.25, -0.2) is 4.99 Å². The van der Waals surface area contributed by atoms with Crippen molar-refractivity contribution in [2.45, 2.75) is 116 Å². The van der Waals surface area contributed by atoms with Gasteiger partial charge in [0.2, 0.25) is 0 Å². The van der Waals surface area contributed by atoms with Crippen molar-refractivity contribution in [1.29, 1.82) is 0 Å². The first-order chi connectivity index (χ1) is 11.8. The summed E-state index contributed by atoms with van der Waals surface area (Å²) in [5, 5.41) is 0. The number of aliphatic imine (C=N–C) groups is 1. The Bertz CT molecular complexity index is 335. The second kappa shape index (κ2) is 15.7. The molecule has 0 saturated carbocycles. The van der Waals surface area contributed by atoms with Gasteiger partial charge in [-0.2, -0.15) is 0 Å². The average molecular weight is 336 g/mol. The van der Waals surface area contributed by atoms with Gasteiger partial charge in [-0.05, 0) is 39.0 Å². The van der Waals surface area contributed by atoms with Crippen LogP contribution in [0.3, 0.4) is 0 Å². The topological polar surface area (TPSA) is 21.6 Å². The normalized spacial score (nSPS) is 17.4. The standard InChI is InChI=1S/C22H41NO/c1-3-4-5-6-7-8-9-10-11-12-13-14-15-16-17-18-19-22-23-21(2)20-24-22/h10-11,21H,3-9,12-20H2,1-2H3/b11-10-. The Balaban J connectivity index is 1.74. The van der Waals surface area contributed by atoms with Crippen molar-refractivity contribution in [3.8, 4) is 0 Å². The van der Waals surface area contributed by atoms with E-state index in [1.54, 1.807) is 0 Å². The molecule has 0 bridgehead atoms. The summed E-state index contributed by atoms with van der Waals surface area (Å²) in [6, 6.07) is 0.383. The molecule has 2 nitrogen and oxygen atoms in total. The molecule has 0 N–H and O–H groups in total. The molecule has 0 fully saturated rings. The molecule has 1 rings (SSSR count). The van der Waals surface area contributed by atoms with Gasteiger partial charge >= 0.3 is 0 Å². The Morgan fingerprint density at radius 3 is 1.92 bits per heavy atom. The lowest BCUT2D eigenvalue weighted by molar-refractivity contribution is 0.314. The second-order valence-electron chi connectivity index (χ2n) is 7.37. The minimum Gasteiger partial charge on any atom is -0.479 e. The Labute approximate surface area is 151 Å². The van der Waals surface area contributed by atoms with Gasteiger partial charge in [0.05, 0.1) is 6.04 Å². The van der Waals surface area contributed by atoms with Gasteiger partial charge in [0.15, 0.2) is 5.90 Å². The van der Waals surface area contributed by atoms with Crippen molar-refractivity contribution in [3.05, 3.63) is 12.2 Å². The van der Waals surface area contributed by atoms with Crippen LogP contribution in [-0.2, 0) is 4.74 Å². The molecule has 2 heteroatoms. The van der Waals surface area contributed by atoms with E-state index in [2.05, 4.69) is 31.0 Å². The van der Waals surface area contributed by atoms with Crippen molar-refractivity contribution in [1.82, 2.24) is 0 Å². The Hall–Kier alpha value is -0.790. The molecule has 0 aromatic rings. The van der Waals surface area contributed by atoms with Crippen molar-refractivity contribution in [2.24, 2.45) is 4.99 Å². The van der Waals surface area contributed by atoms with Gasteiger partial charge in [-0.3, -0.25) is 0 Å². The number of nitrogens with zero attached hydrogens (tertiary/aromatic N) is 1. The third-order valence-corrected chi connectivity index (χ3v) is 4.76. The molecule has 140 valence electrons. The molecule has 0 radical (unpaired) electrons.